The van der Waals surface area contributed by atoms with E-state index in [-0.39, 0.29) is 12.2 Å². The minimum absolute atomic E-state index is 0.192. The summed E-state index contributed by atoms with van der Waals surface area (Å²) >= 11 is 1.32. The Bertz CT molecular complexity index is 2280. The number of fused-ring (bicyclic) bond motifs is 2. The molecule has 6 aromatic rings. The lowest BCUT2D eigenvalue weighted by atomic mass is 9.93. The van der Waals surface area contributed by atoms with Crippen molar-refractivity contribution in [3.8, 4) is 5.75 Å². The Morgan fingerprint density at radius 3 is 2.30 bits per heavy atom. The number of rotatable bonds is 9. The fraction of sp³-hybridized carbons (Fsp3) is 0.154. The molecule has 0 spiro atoms. The third-order valence-electron chi connectivity index (χ3n) is 8.18. The molecule has 0 fully saturated rings. The highest BCUT2D eigenvalue weighted by Crippen LogP contribution is 2.36. The Hall–Kier alpha value is -5.47. The number of para-hydroxylation sites is 1. The van der Waals surface area contributed by atoms with Gasteiger partial charge in [0.15, 0.2) is 4.80 Å². The number of ether oxygens (including phenoxy) is 2. The highest BCUT2D eigenvalue weighted by molar-refractivity contribution is 7.07. The van der Waals surface area contributed by atoms with E-state index in [1.54, 1.807) is 11.5 Å². The van der Waals surface area contributed by atoms with Gasteiger partial charge in [-0.05, 0) is 49.2 Å². The molecule has 47 heavy (non-hydrogen) atoms. The van der Waals surface area contributed by atoms with Gasteiger partial charge >= 0.3 is 5.97 Å². The molecule has 1 aliphatic rings. The number of esters is 1. The summed E-state index contributed by atoms with van der Waals surface area (Å²) in [7, 11) is 0. The molecule has 1 aliphatic heterocycles. The third kappa shape index (κ3) is 5.84. The average molecular weight is 640 g/mol. The lowest BCUT2D eigenvalue weighted by Gasteiger charge is -2.26. The summed E-state index contributed by atoms with van der Waals surface area (Å²) < 4.78 is 15.7. The Kier molecular flexibility index (Phi) is 8.42. The second-order valence-corrected chi connectivity index (χ2v) is 12.2. The monoisotopic (exact) mass is 639 g/mol. The first-order chi connectivity index (χ1) is 23.1. The lowest BCUT2D eigenvalue weighted by Crippen LogP contribution is -2.40. The summed E-state index contributed by atoms with van der Waals surface area (Å²) in [5.41, 5.74) is 5.33. The van der Waals surface area contributed by atoms with Crippen LogP contribution in [0.25, 0.3) is 22.7 Å². The summed E-state index contributed by atoms with van der Waals surface area (Å²) in [6, 6.07) is 34.9. The fourth-order valence-corrected chi connectivity index (χ4v) is 7.10. The van der Waals surface area contributed by atoms with Gasteiger partial charge < -0.3 is 14.0 Å². The zero-order valence-electron chi connectivity index (χ0n) is 26.1. The largest absolute Gasteiger partial charge is 0.494 e. The van der Waals surface area contributed by atoms with Crippen LogP contribution in [-0.2, 0) is 16.1 Å². The van der Waals surface area contributed by atoms with Crippen molar-refractivity contribution < 1.29 is 14.3 Å². The van der Waals surface area contributed by atoms with Crippen LogP contribution in [-0.4, -0.2) is 28.3 Å². The van der Waals surface area contributed by atoms with E-state index in [1.165, 1.54) is 16.9 Å². The molecule has 0 aliphatic carbocycles. The van der Waals surface area contributed by atoms with E-state index in [2.05, 4.69) is 35.0 Å². The van der Waals surface area contributed by atoms with Crippen molar-refractivity contribution in [3.63, 3.8) is 0 Å². The number of aromatic nitrogens is 2. The van der Waals surface area contributed by atoms with Gasteiger partial charge in [0, 0.05) is 34.8 Å². The van der Waals surface area contributed by atoms with Gasteiger partial charge in [0.1, 0.15) is 5.75 Å². The standard InChI is InChI=1S/C39H33N3O4S/c1-3-45-30-21-19-28(20-22-30)36-34(38(44)46-4-2)35(27-15-9-6-10-16-27)40-39-42(36)37(43)33(47-39)23-29-25-41(24-26-13-7-5-8-14-26)32-18-12-11-17-31(29)32/h5-23,25,36H,3-4,24H2,1-2H3/b33-23-/t36-/m1/s1. The number of nitrogens with zero attached hydrogens (tertiary/aromatic N) is 3. The van der Waals surface area contributed by atoms with E-state index >= 15 is 0 Å². The highest BCUT2D eigenvalue weighted by atomic mass is 32.1. The van der Waals surface area contributed by atoms with Crippen molar-refractivity contribution in [2.45, 2.75) is 26.4 Å². The van der Waals surface area contributed by atoms with Crippen molar-refractivity contribution in [3.05, 3.63) is 163 Å². The molecule has 7 rings (SSSR count). The van der Waals surface area contributed by atoms with Gasteiger partial charge in [-0.25, -0.2) is 9.79 Å². The van der Waals surface area contributed by atoms with E-state index in [9.17, 15) is 9.59 Å². The van der Waals surface area contributed by atoms with Crippen molar-refractivity contribution in [1.29, 1.82) is 0 Å². The van der Waals surface area contributed by atoms with E-state index in [1.807, 2.05) is 97.9 Å². The van der Waals surface area contributed by atoms with Crippen molar-refractivity contribution in [2.24, 2.45) is 4.99 Å². The van der Waals surface area contributed by atoms with Crippen molar-refractivity contribution in [1.82, 2.24) is 9.13 Å². The zero-order chi connectivity index (χ0) is 32.3. The molecule has 0 radical (unpaired) electrons. The lowest BCUT2D eigenvalue weighted by molar-refractivity contribution is -0.138. The van der Waals surface area contributed by atoms with Gasteiger partial charge in [0.2, 0.25) is 0 Å². The normalized spacial score (nSPS) is 14.6. The zero-order valence-corrected chi connectivity index (χ0v) is 26.9. The van der Waals surface area contributed by atoms with Gasteiger partial charge in [-0.15, -0.1) is 0 Å². The maximum atomic E-state index is 14.5. The molecule has 2 aromatic heterocycles. The smallest absolute Gasteiger partial charge is 0.338 e. The van der Waals surface area contributed by atoms with Gasteiger partial charge in [0.05, 0.1) is 35.1 Å². The molecule has 0 N–H and O–H groups in total. The van der Waals surface area contributed by atoms with Gasteiger partial charge in [0.25, 0.3) is 5.56 Å². The number of hydrogen-bond donors (Lipinski definition) is 0. The molecule has 234 valence electrons. The minimum Gasteiger partial charge on any atom is -0.494 e. The summed E-state index contributed by atoms with van der Waals surface area (Å²) in [6.45, 7) is 5.13. The van der Waals surface area contributed by atoms with Crippen LogP contribution >= 0.6 is 11.3 Å². The van der Waals surface area contributed by atoms with Crippen LogP contribution in [0.3, 0.4) is 0 Å². The molecular weight excluding hydrogens is 607 g/mol. The molecule has 8 heteroatoms. The average Bonchev–Trinajstić information content (AvgIpc) is 3.61. The number of hydrogen-bond acceptors (Lipinski definition) is 6. The second-order valence-electron chi connectivity index (χ2n) is 11.1. The minimum atomic E-state index is -0.752. The molecule has 0 saturated carbocycles. The molecule has 0 bridgehead atoms. The van der Waals surface area contributed by atoms with Crippen LogP contribution in [0.1, 0.15) is 42.1 Å². The van der Waals surface area contributed by atoms with Crippen molar-refractivity contribution in [2.75, 3.05) is 13.2 Å². The Labute approximate surface area is 276 Å². The first-order valence-electron chi connectivity index (χ1n) is 15.7. The fourth-order valence-electron chi connectivity index (χ4n) is 6.11. The maximum absolute atomic E-state index is 14.5. The van der Waals surface area contributed by atoms with Crippen LogP contribution in [0.5, 0.6) is 5.75 Å². The van der Waals surface area contributed by atoms with Crippen LogP contribution in [0.4, 0.5) is 0 Å². The van der Waals surface area contributed by atoms with Gasteiger partial charge in [-0.2, -0.15) is 0 Å². The first-order valence-corrected chi connectivity index (χ1v) is 16.5. The number of benzene rings is 4. The molecule has 7 nitrogen and oxygen atoms in total. The van der Waals surface area contributed by atoms with Crippen molar-refractivity contribution >= 4 is 40.0 Å². The summed E-state index contributed by atoms with van der Waals surface area (Å²) in [5.74, 6) is 0.202. The topological polar surface area (TPSA) is 74.8 Å². The third-order valence-corrected chi connectivity index (χ3v) is 9.17. The second kappa shape index (κ2) is 13.1. The predicted octanol–water partition coefficient (Wildman–Crippen LogP) is 6.34. The van der Waals surface area contributed by atoms with E-state index in [0.29, 0.717) is 39.5 Å². The Morgan fingerprint density at radius 1 is 0.872 bits per heavy atom. The highest BCUT2D eigenvalue weighted by Gasteiger charge is 2.35. The molecule has 1 atom stereocenters. The molecular formula is C39H33N3O4S. The molecule has 3 heterocycles. The molecule has 0 amide bonds. The number of thiazole rings is 1. The van der Waals surface area contributed by atoms with Crippen LogP contribution in [0, 0.1) is 0 Å². The molecule has 0 saturated heterocycles. The Balaban J connectivity index is 1.44. The number of carbonyl (C=O) groups excluding carboxylic acids is 1. The van der Waals surface area contributed by atoms with E-state index in [0.717, 1.165) is 27.6 Å². The first kappa shape index (κ1) is 30.2. The van der Waals surface area contributed by atoms with Gasteiger partial charge in [-0.3, -0.25) is 9.36 Å². The summed E-state index contributed by atoms with van der Waals surface area (Å²) in [6.07, 6.45) is 4.04. The SMILES string of the molecule is CCOC(=O)C1=C(c2ccccc2)N=c2s/c(=C\c3cn(Cc4ccccc4)c4ccccc34)c(=O)n2[C@@H]1c1ccc(OCC)cc1. The molecule has 4 aromatic carbocycles. The van der Waals surface area contributed by atoms with Crippen LogP contribution < -0.4 is 19.6 Å². The van der Waals surface area contributed by atoms with Gasteiger partial charge in [-0.1, -0.05) is 102 Å². The van der Waals surface area contributed by atoms with E-state index in [4.69, 9.17) is 14.5 Å². The Morgan fingerprint density at radius 2 is 1.57 bits per heavy atom. The maximum Gasteiger partial charge on any atom is 0.338 e. The summed E-state index contributed by atoms with van der Waals surface area (Å²) in [4.78, 5) is 33.7. The van der Waals surface area contributed by atoms with Crippen LogP contribution in [0.2, 0.25) is 0 Å². The summed E-state index contributed by atoms with van der Waals surface area (Å²) in [5, 5.41) is 1.05. The molecule has 0 unspecified atom stereocenters. The quantitative estimate of drug-likeness (QED) is 0.173. The number of carbonyl (C=O) groups is 1. The predicted molar refractivity (Wildman–Crippen MR) is 186 cm³/mol. The van der Waals surface area contributed by atoms with Crippen LogP contribution in [0.15, 0.2) is 131 Å². The van der Waals surface area contributed by atoms with E-state index < -0.39 is 12.0 Å².